The van der Waals surface area contributed by atoms with Crippen LogP contribution in [0.15, 0.2) is 28.1 Å². The molecule has 16 heavy (non-hydrogen) atoms. The van der Waals surface area contributed by atoms with Gasteiger partial charge in [-0.15, -0.1) is 0 Å². The van der Waals surface area contributed by atoms with Gasteiger partial charge in [0.25, 0.3) is 0 Å². The van der Waals surface area contributed by atoms with Gasteiger partial charge in [0.15, 0.2) is 5.78 Å². The Balaban J connectivity index is 2.36. The van der Waals surface area contributed by atoms with Gasteiger partial charge in [-0.1, -0.05) is 11.8 Å². The van der Waals surface area contributed by atoms with Crippen molar-refractivity contribution in [2.24, 2.45) is 10.7 Å². The van der Waals surface area contributed by atoms with Gasteiger partial charge in [-0.05, 0) is 25.1 Å². The Hall–Kier alpha value is -1.17. The van der Waals surface area contributed by atoms with E-state index in [0.717, 1.165) is 10.6 Å². The molecule has 3 N–H and O–H groups in total. The van der Waals surface area contributed by atoms with E-state index in [1.54, 1.807) is 25.1 Å². The molecule has 1 aromatic carbocycles. The van der Waals surface area contributed by atoms with E-state index >= 15 is 0 Å². The number of thioether (sulfide) groups is 1. The number of benzene rings is 1. The molecule has 4 nitrogen and oxygen atoms in total. The van der Waals surface area contributed by atoms with E-state index in [1.165, 1.54) is 18.0 Å². The molecule has 0 radical (unpaired) electrons. The molecule has 0 spiro atoms. The molecule has 1 aliphatic heterocycles. The number of aliphatic hydroxyl groups excluding tert-OH is 1. The largest absolute Gasteiger partial charge is 0.377 e. The van der Waals surface area contributed by atoms with E-state index in [0.29, 0.717) is 5.56 Å². The highest BCUT2D eigenvalue weighted by Gasteiger charge is 2.17. The van der Waals surface area contributed by atoms with Gasteiger partial charge in [0.1, 0.15) is 5.44 Å². The smallest absolute Gasteiger partial charge is 0.179 e. The third-order valence-corrected chi connectivity index (χ3v) is 3.19. The first kappa shape index (κ1) is 11.3. The summed E-state index contributed by atoms with van der Waals surface area (Å²) in [6.07, 6.45) is 1.47. The molecule has 0 bridgehead atoms. The van der Waals surface area contributed by atoms with Crippen molar-refractivity contribution in [1.82, 2.24) is 0 Å². The van der Waals surface area contributed by atoms with Crippen LogP contribution in [0.1, 0.15) is 17.3 Å². The van der Waals surface area contributed by atoms with Gasteiger partial charge < -0.3 is 10.8 Å². The standard InChI is InChI=1S/C11H12N2O2S/c1-6(12)11(15)7-2-3-8-9(4-7)16-10(14)5-13-8/h2-6,10,14H,12H2,1H3/t6-,10?/m0/s1. The predicted octanol–water partition coefficient (Wildman–Crippen LogP) is 1.34. The summed E-state index contributed by atoms with van der Waals surface area (Å²) in [5.41, 5.74) is 6.23. The van der Waals surface area contributed by atoms with Gasteiger partial charge in [0, 0.05) is 16.7 Å². The molecular formula is C11H12N2O2S. The minimum atomic E-state index is -0.645. The van der Waals surface area contributed by atoms with Gasteiger partial charge in [0.05, 0.1) is 11.7 Å². The SMILES string of the molecule is C[C@H](N)C(=O)c1ccc2c(c1)SC(O)C=N2. The molecule has 0 saturated heterocycles. The van der Waals surface area contributed by atoms with Crippen LogP contribution in [0.4, 0.5) is 5.69 Å². The Morgan fingerprint density at radius 3 is 3.06 bits per heavy atom. The first-order valence-electron chi connectivity index (χ1n) is 4.90. The van der Waals surface area contributed by atoms with Crippen molar-refractivity contribution >= 4 is 29.4 Å². The summed E-state index contributed by atoms with van der Waals surface area (Å²) in [5, 5.41) is 9.40. The summed E-state index contributed by atoms with van der Waals surface area (Å²) in [4.78, 5) is 16.6. The average molecular weight is 236 g/mol. The number of hydrogen-bond donors (Lipinski definition) is 2. The summed E-state index contributed by atoms with van der Waals surface area (Å²) in [6, 6.07) is 4.69. The van der Waals surface area contributed by atoms with E-state index in [2.05, 4.69) is 4.99 Å². The second-order valence-corrected chi connectivity index (χ2v) is 4.78. The van der Waals surface area contributed by atoms with Crippen molar-refractivity contribution < 1.29 is 9.90 Å². The van der Waals surface area contributed by atoms with Crippen molar-refractivity contribution in [2.45, 2.75) is 23.3 Å². The van der Waals surface area contributed by atoms with Crippen LogP contribution in [0.25, 0.3) is 0 Å². The minimum absolute atomic E-state index is 0.104. The van der Waals surface area contributed by atoms with Crippen LogP contribution >= 0.6 is 11.8 Å². The van der Waals surface area contributed by atoms with E-state index in [4.69, 9.17) is 5.73 Å². The summed E-state index contributed by atoms with van der Waals surface area (Å²) in [7, 11) is 0. The number of Topliss-reactive ketones (excluding diaryl/α,β-unsaturated/α-hetero) is 1. The molecule has 84 valence electrons. The summed E-state index contributed by atoms with van der Waals surface area (Å²) >= 11 is 1.27. The van der Waals surface area contributed by atoms with Crippen LogP contribution in [0, 0.1) is 0 Å². The third kappa shape index (κ3) is 2.16. The molecule has 0 aliphatic carbocycles. The Labute approximate surface area is 97.6 Å². The molecule has 1 heterocycles. The zero-order chi connectivity index (χ0) is 11.7. The second kappa shape index (κ2) is 4.37. The van der Waals surface area contributed by atoms with Crippen LogP contribution in [0.2, 0.25) is 0 Å². The van der Waals surface area contributed by atoms with E-state index in [9.17, 15) is 9.90 Å². The van der Waals surface area contributed by atoms with Crippen LogP contribution in [0.5, 0.6) is 0 Å². The highest BCUT2D eigenvalue weighted by atomic mass is 32.2. The molecule has 0 aromatic heterocycles. The first-order chi connectivity index (χ1) is 7.58. The molecule has 1 aromatic rings. The normalized spacial score (nSPS) is 20.3. The zero-order valence-corrected chi connectivity index (χ0v) is 9.57. The Morgan fingerprint density at radius 2 is 2.38 bits per heavy atom. The van der Waals surface area contributed by atoms with Gasteiger partial charge in [0.2, 0.25) is 0 Å². The molecule has 1 aliphatic rings. The van der Waals surface area contributed by atoms with E-state index in [-0.39, 0.29) is 5.78 Å². The summed E-state index contributed by atoms with van der Waals surface area (Å²) in [5.74, 6) is -0.104. The number of ketones is 1. The molecule has 2 rings (SSSR count). The average Bonchev–Trinajstić information content (AvgIpc) is 2.26. The number of hydrogen-bond acceptors (Lipinski definition) is 5. The molecule has 5 heteroatoms. The lowest BCUT2D eigenvalue weighted by Crippen LogP contribution is -2.26. The lowest BCUT2D eigenvalue weighted by atomic mass is 10.1. The van der Waals surface area contributed by atoms with Crippen molar-refractivity contribution in [2.75, 3.05) is 0 Å². The lowest BCUT2D eigenvalue weighted by molar-refractivity contribution is 0.0968. The van der Waals surface area contributed by atoms with Gasteiger partial charge in [-0.2, -0.15) is 0 Å². The lowest BCUT2D eigenvalue weighted by Gasteiger charge is -2.14. The topological polar surface area (TPSA) is 75.7 Å². The Bertz CT molecular complexity index is 457. The second-order valence-electron chi connectivity index (χ2n) is 3.62. The number of rotatable bonds is 2. The number of carbonyl (C=O) groups excluding carboxylic acids is 1. The Morgan fingerprint density at radius 1 is 1.62 bits per heavy atom. The summed E-state index contributed by atoms with van der Waals surface area (Å²) in [6.45, 7) is 1.65. The molecule has 1 unspecified atom stereocenters. The highest BCUT2D eigenvalue weighted by Crippen LogP contribution is 2.35. The molecule has 0 amide bonds. The predicted molar refractivity (Wildman–Crippen MR) is 64.4 cm³/mol. The van der Waals surface area contributed by atoms with Crippen LogP contribution < -0.4 is 5.73 Å². The van der Waals surface area contributed by atoms with Crippen molar-refractivity contribution in [3.63, 3.8) is 0 Å². The van der Waals surface area contributed by atoms with Crippen LogP contribution in [-0.2, 0) is 0 Å². The van der Waals surface area contributed by atoms with Gasteiger partial charge in [-0.3, -0.25) is 9.79 Å². The molecule has 0 saturated carbocycles. The first-order valence-corrected chi connectivity index (χ1v) is 5.78. The number of nitrogens with two attached hydrogens (primary N) is 1. The van der Waals surface area contributed by atoms with Crippen LogP contribution in [0.3, 0.4) is 0 Å². The van der Waals surface area contributed by atoms with Gasteiger partial charge in [-0.25, -0.2) is 0 Å². The van der Waals surface area contributed by atoms with Gasteiger partial charge >= 0.3 is 0 Å². The van der Waals surface area contributed by atoms with E-state index < -0.39 is 11.5 Å². The third-order valence-electron chi connectivity index (χ3n) is 2.25. The van der Waals surface area contributed by atoms with Crippen molar-refractivity contribution in [3.8, 4) is 0 Å². The maximum absolute atomic E-state index is 11.7. The molecule has 0 fully saturated rings. The maximum atomic E-state index is 11.7. The number of nitrogens with zero attached hydrogens (tertiary/aromatic N) is 1. The Kier molecular flexibility index (Phi) is 3.09. The quantitative estimate of drug-likeness (QED) is 0.760. The minimum Gasteiger partial charge on any atom is -0.377 e. The number of carbonyl (C=O) groups is 1. The van der Waals surface area contributed by atoms with Crippen molar-refractivity contribution in [3.05, 3.63) is 23.8 Å². The zero-order valence-electron chi connectivity index (χ0n) is 8.75. The fourth-order valence-electron chi connectivity index (χ4n) is 1.44. The fraction of sp³-hybridized carbons (Fsp3) is 0.273. The monoisotopic (exact) mass is 236 g/mol. The molecular weight excluding hydrogens is 224 g/mol. The van der Waals surface area contributed by atoms with Crippen LogP contribution in [-0.4, -0.2) is 28.6 Å². The fourth-order valence-corrected chi connectivity index (χ4v) is 2.25. The number of aliphatic imine (C=N–C) groups is 1. The number of fused-ring (bicyclic) bond motifs is 1. The molecule has 2 atom stereocenters. The van der Waals surface area contributed by atoms with Crippen molar-refractivity contribution in [1.29, 1.82) is 0 Å². The maximum Gasteiger partial charge on any atom is 0.179 e. The highest BCUT2D eigenvalue weighted by molar-refractivity contribution is 8.00. The van der Waals surface area contributed by atoms with E-state index in [1.807, 2.05) is 0 Å². The number of aliphatic hydroxyl groups is 1. The summed E-state index contributed by atoms with van der Waals surface area (Å²) < 4.78 is 0.